The van der Waals surface area contributed by atoms with Gasteiger partial charge in [-0.1, -0.05) is 11.8 Å². The van der Waals surface area contributed by atoms with Crippen LogP contribution in [0.25, 0.3) is 0 Å². The summed E-state index contributed by atoms with van der Waals surface area (Å²) in [5, 5.41) is 10.9. The van der Waals surface area contributed by atoms with E-state index in [4.69, 9.17) is 0 Å². The molecule has 1 aliphatic heterocycles. The highest BCUT2D eigenvalue weighted by molar-refractivity contribution is 7.99. The molecule has 22 heavy (non-hydrogen) atoms. The van der Waals surface area contributed by atoms with Crippen molar-refractivity contribution in [3.8, 4) is 0 Å². The van der Waals surface area contributed by atoms with Gasteiger partial charge in [-0.25, -0.2) is 0 Å². The predicted octanol–water partition coefficient (Wildman–Crippen LogP) is -1.20. The summed E-state index contributed by atoms with van der Waals surface area (Å²) in [7, 11) is 3.03. The van der Waals surface area contributed by atoms with E-state index in [1.54, 1.807) is 17.9 Å². The Balaban J connectivity index is 2.00. The number of nitrogens with one attached hydrogen (secondary N) is 1. The summed E-state index contributed by atoms with van der Waals surface area (Å²) < 4.78 is 6.28. The van der Waals surface area contributed by atoms with Gasteiger partial charge in [0.2, 0.25) is 11.8 Å². The van der Waals surface area contributed by atoms with Gasteiger partial charge < -0.3 is 19.5 Å². The number of nitrogens with zero attached hydrogens (tertiary/aromatic N) is 4. The first-order valence-corrected chi connectivity index (χ1v) is 7.62. The minimum absolute atomic E-state index is 0.123. The van der Waals surface area contributed by atoms with Crippen molar-refractivity contribution < 1.29 is 19.1 Å². The maximum absolute atomic E-state index is 12.3. The van der Waals surface area contributed by atoms with E-state index < -0.39 is 12.0 Å². The van der Waals surface area contributed by atoms with Crippen molar-refractivity contribution in [3.05, 3.63) is 6.33 Å². The van der Waals surface area contributed by atoms with E-state index in [-0.39, 0.29) is 24.0 Å². The highest BCUT2D eigenvalue weighted by atomic mass is 32.2. The number of methoxy groups -OCH3 is 1. The average molecular weight is 327 g/mol. The second-order valence-electron chi connectivity index (χ2n) is 4.69. The van der Waals surface area contributed by atoms with Gasteiger partial charge in [0.15, 0.2) is 5.16 Å². The molecule has 9 nitrogen and oxygen atoms in total. The highest BCUT2D eigenvalue weighted by Gasteiger charge is 2.34. The molecule has 1 aliphatic rings. The van der Waals surface area contributed by atoms with Gasteiger partial charge in [0.1, 0.15) is 12.4 Å². The molecule has 1 fully saturated rings. The Bertz CT molecular complexity index is 576. The quantitative estimate of drug-likeness (QED) is 0.534. The first-order valence-electron chi connectivity index (χ1n) is 6.63. The van der Waals surface area contributed by atoms with E-state index in [9.17, 15) is 14.4 Å². The summed E-state index contributed by atoms with van der Waals surface area (Å²) in [6.45, 7) is 0.739. The van der Waals surface area contributed by atoms with E-state index in [1.165, 1.54) is 23.8 Å². The average Bonchev–Trinajstić information content (AvgIpc) is 2.92. The fourth-order valence-corrected chi connectivity index (χ4v) is 2.84. The number of esters is 1. The van der Waals surface area contributed by atoms with Crippen molar-refractivity contribution in [1.82, 2.24) is 25.0 Å². The Labute approximate surface area is 131 Å². The fourth-order valence-electron chi connectivity index (χ4n) is 2.07. The minimum atomic E-state index is -0.825. The van der Waals surface area contributed by atoms with Crippen LogP contribution in [0.3, 0.4) is 0 Å². The molecule has 1 unspecified atom stereocenters. The van der Waals surface area contributed by atoms with Gasteiger partial charge in [-0.15, -0.1) is 10.2 Å². The zero-order chi connectivity index (χ0) is 16.1. The van der Waals surface area contributed by atoms with E-state index in [0.29, 0.717) is 18.2 Å². The van der Waals surface area contributed by atoms with Gasteiger partial charge in [-0.3, -0.25) is 14.4 Å². The number of carbonyl (C=O) groups is 3. The van der Waals surface area contributed by atoms with Crippen LogP contribution in [0.15, 0.2) is 11.5 Å². The Hall–Kier alpha value is -2.10. The zero-order valence-electron chi connectivity index (χ0n) is 12.3. The Morgan fingerprint density at radius 2 is 2.32 bits per heavy atom. The van der Waals surface area contributed by atoms with Crippen LogP contribution in [0.2, 0.25) is 0 Å². The molecule has 0 aliphatic carbocycles. The molecule has 1 aromatic heterocycles. The summed E-state index contributed by atoms with van der Waals surface area (Å²) in [4.78, 5) is 37.1. The van der Waals surface area contributed by atoms with Crippen LogP contribution < -0.4 is 5.32 Å². The number of carbonyl (C=O) groups excluding carboxylic acids is 3. The van der Waals surface area contributed by atoms with Crippen LogP contribution in [-0.2, 0) is 26.2 Å². The summed E-state index contributed by atoms with van der Waals surface area (Å²) >= 11 is 1.23. The molecule has 1 saturated heterocycles. The number of aryl methyl sites for hydroxylation is 1. The molecular formula is C12H17N5O4S. The van der Waals surface area contributed by atoms with Crippen LogP contribution in [-0.4, -0.2) is 69.4 Å². The van der Waals surface area contributed by atoms with Gasteiger partial charge in [0.25, 0.3) is 0 Å². The summed E-state index contributed by atoms with van der Waals surface area (Å²) in [6, 6.07) is -0.825. The number of hydrogen-bond acceptors (Lipinski definition) is 7. The van der Waals surface area contributed by atoms with E-state index in [0.717, 1.165) is 0 Å². The monoisotopic (exact) mass is 327 g/mol. The molecule has 0 bridgehead atoms. The molecule has 2 rings (SSSR count). The molecule has 1 aromatic rings. The second kappa shape index (κ2) is 7.25. The molecule has 0 saturated carbocycles. The summed E-state index contributed by atoms with van der Waals surface area (Å²) in [6.07, 6.45) is 1.39. The lowest BCUT2D eigenvalue weighted by Gasteiger charge is -2.34. The largest absolute Gasteiger partial charge is 0.469 e. The van der Waals surface area contributed by atoms with Crippen LogP contribution >= 0.6 is 11.8 Å². The lowest BCUT2D eigenvalue weighted by Crippen LogP contribution is -2.58. The number of rotatable bonds is 5. The van der Waals surface area contributed by atoms with Crippen molar-refractivity contribution >= 4 is 29.5 Å². The molecule has 0 spiro atoms. The van der Waals surface area contributed by atoms with Crippen molar-refractivity contribution in [2.45, 2.75) is 17.6 Å². The first-order chi connectivity index (χ1) is 10.5. The van der Waals surface area contributed by atoms with Crippen LogP contribution in [0.4, 0.5) is 0 Å². The van der Waals surface area contributed by atoms with Gasteiger partial charge in [-0.05, 0) is 0 Å². The fraction of sp³-hybridized carbons (Fsp3) is 0.583. The molecule has 2 amide bonds. The van der Waals surface area contributed by atoms with Crippen LogP contribution in [0.5, 0.6) is 0 Å². The lowest BCUT2D eigenvalue weighted by atomic mass is 10.1. The SMILES string of the molecule is COC(=O)CC1C(=O)NCCN1C(=O)CSc1nncn1C. The topological polar surface area (TPSA) is 106 Å². The third-order valence-corrected chi connectivity index (χ3v) is 4.25. The van der Waals surface area contributed by atoms with Gasteiger partial charge in [-0.2, -0.15) is 0 Å². The molecule has 0 aromatic carbocycles. The highest BCUT2D eigenvalue weighted by Crippen LogP contribution is 2.17. The molecule has 10 heteroatoms. The molecule has 1 atom stereocenters. The smallest absolute Gasteiger partial charge is 0.308 e. The van der Waals surface area contributed by atoms with Gasteiger partial charge in [0, 0.05) is 20.1 Å². The third-order valence-electron chi connectivity index (χ3n) is 3.23. The molecule has 1 N–H and O–H groups in total. The molecule has 2 heterocycles. The first kappa shape index (κ1) is 16.3. The van der Waals surface area contributed by atoms with Crippen molar-refractivity contribution in [2.24, 2.45) is 7.05 Å². The summed E-state index contributed by atoms with van der Waals surface area (Å²) in [5.41, 5.74) is 0. The number of aromatic nitrogens is 3. The zero-order valence-corrected chi connectivity index (χ0v) is 13.1. The minimum Gasteiger partial charge on any atom is -0.469 e. The lowest BCUT2D eigenvalue weighted by molar-refractivity contribution is -0.149. The number of ether oxygens (including phenoxy) is 1. The number of amides is 2. The number of piperazine rings is 1. The molecule has 120 valence electrons. The normalized spacial score (nSPS) is 18.0. The number of thioether (sulfide) groups is 1. The Kier molecular flexibility index (Phi) is 5.36. The molecular weight excluding hydrogens is 310 g/mol. The van der Waals surface area contributed by atoms with Gasteiger partial charge in [0.05, 0.1) is 19.3 Å². The van der Waals surface area contributed by atoms with Crippen molar-refractivity contribution in [3.63, 3.8) is 0 Å². The van der Waals surface area contributed by atoms with Crippen molar-refractivity contribution in [1.29, 1.82) is 0 Å². The predicted molar refractivity (Wildman–Crippen MR) is 76.9 cm³/mol. The second-order valence-corrected chi connectivity index (χ2v) is 5.63. The molecule has 0 radical (unpaired) electrons. The summed E-state index contributed by atoms with van der Waals surface area (Å²) in [5.74, 6) is -0.969. The third kappa shape index (κ3) is 3.75. The van der Waals surface area contributed by atoms with Gasteiger partial charge >= 0.3 is 5.97 Å². The maximum atomic E-state index is 12.3. The standard InChI is InChI=1S/C12H17N5O4S/c1-16-7-14-15-12(16)22-6-9(18)17-4-3-13-11(20)8(17)5-10(19)21-2/h7-8H,3-6H2,1-2H3,(H,13,20). The van der Waals surface area contributed by atoms with E-state index >= 15 is 0 Å². The van der Waals surface area contributed by atoms with E-state index in [2.05, 4.69) is 20.3 Å². The maximum Gasteiger partial charge on any atom is 0.308 e. The Morgan fingerprint density at radius 1 is 1.55 bits per heavy atom. The van der Waals surface area contributed by atoms with Crippen molar-refractivity contribution in [2.75, 3.05) is 26.0 Å². The number of hydrogen-bond donors (Lipinski definition) is 1. The Morgan fingerprint density at radius 3 is 2.95 bits per heavy atom. The van der Waals surface area contributed by atoms with E-state index in [1.807, 2.05) is 0 Å². The van der Waals surface area contributed by atoms with Crippen LogP contribution in [0, 0.1) is 0 Å². The van der Waals surface area contributed by atoms with Crippen LogP contribution in [0.1, 0.15) is 6.42 Å².